The van der Waals surface area contributed by atoms with Crippen molar-refractivity contribution in [2.24, 2.45) is 0 Å². The molecule has 0 fully saturated rings. The maximum atomic E-state index is 11.8. The van der Waals surface area contributed by atoms with Gasteiger partial charge in [0.25, 0.3) is 0 Å². The van der Waals surface area contributed by atoms with Crippen molar-refractivity contribution >= 4 is 5.97 Å². The zero-order chi connectivity index (χ0) is 13.0. The van der Waals surface area contributed by atoms with E-state index in [1.165, 1.54) is 0 Å². The number of carbonyl (C=O) groups excluding carboxylic acids is 1. The molecule has 18 heavy (non-hydrogen) atoms. The Labute approximate surface area is 106 Å². The second-order valence-electron chi connectivity index (χ2n) is 3.83. The van der Waals surface area contributed by atoms with E-state index in [-0.39, 0.29) is 5.97 Å². The predicted molar refractivity (Wildman–Crippen MR) is 68.9 cm³/mol. The molecule has 0 N–H and O–H groups in total. The summed E-state index contributed by atoms with van der Waals surface area (Å²) in [5, 5.41) is 4.28. The van der Waals surface area contributed by atoms with Crippen molar-refractivity contribution in [1.82, 2.24) is 9.78 Å². The Morgan fingerprint density at radius 1 is 1.28 bits per heavy atom. The molecule has 0 radical (unpaired) electrons. The average Bonchev–Trinajstić information content (AvgIpc) is 2.83. The lowest BCUT2D eigenvalue weighted by Gasteiger charge is -2.07. The third-order valence-electron chi connectivity index (χ3n) is 2.70. The first-order valence-electron chi connectivity index (χ1n) is 6.07. The fraction of sp³-hybridized carbons (Fsp3) is 0.286. The number of hydrogen-bond acceptors (Lipinski definition) is 3. The standard InChI is InChI=1S/C14H16N2O2/c1-3-13-12(14(17)18-4-2)10-15-16(13)11-8-6-5-7-9-11/h5-10H,3-4H2,1-2H3. The highest BCUT2D eigenvalue weighted by molar-refractivity contribution is 5.90. The first-order valence-corrected chi connectivity index (χ1v) is 6.07. The van der Waals surface area contributed by atoms with Crippen LogP contribution in [-0.2, 0) is 11.2 Å². The highest BCUT2D eigenvalue weighted by atomic mass is 16.5. The Bertz CT molecular complexity index is 532. The summed E-state index contributed by atoms with van der Waals surface area (Å²) in [6.07, 6.45) is 2.30. The van der Waals surface area contributed by atoms with Gasteiger partial charge in [0.2, 0.25) is 0 Å². The van der Waals surface area contributed by atoms with E-state index < -0.39 is 0 Å². The molecule has 2 aromatic rings. The Morgan fingerprint density at radius 2 is 2.00 bits per heavy atom. The van der Waals surface area contributed by atoms with Gasteiger partial charge in [-0.15, -0.1) is 0 Å². The first kappa shape index (κ1) is 12.4. The molecule has 4 heteroatoms. The molecule has 4 nitrogen and oxygen atoms in total. The van der Waals surface area contributed by atoms with Crippen LogP contribution in [0.4, 0.5) is 0 Å². The summed E-state index contributed by atoms with van der Waals surface area (Å²) in [6, 6.07) is 9.76. The van der Waals surface area contributed by atoms with Gasteiger partial charge in [-0.2, -0.15) is 5.10 Å². The first-order chi connectivity index (χ1) is 8.77. The average molecular weight is 244 g/mol. The largest absolute Gasteiger partial charge is 0.462 e. The van der Waals surface area contributed by atoms with Gasteiger partial charge in [0, 0.05) is 0 Å². The second kappa shape index (κ2) is 5.49. The van der Waals surface area contributed by atoms with Gasteiger partial charge < -0.3 is 4.74 Å². The molecule has 0 amide bonds. The predicted octanol–water partition coefficient (Wildman–Crippen LogP) is 2.61. The van der Waals surface area contributed by atoms with Crippen molar-refractivity contribution in [3.63, 3.8) is 0 Å². The van der Waals surface area contributed by atoms with Crippen LogP contribution in [0.25, 0.3) is 5.69 Å². The Morgan fingerprint density at radius 3 is 2.61 bits per heavy atom. The van der Waals surface area contributed by atoms with Gasteiger partial charge in [-0.25, -0.2) is 9.48 Å². The van der Waals surface area contributed by atoms with Crippen LogP contribution >= 0.6 is 0 Å². The number of benzene rings is 1. The van der Waals surface area contributed by atoms with E-state index in [2.05, 4.69) is 5.10 Å². The highest BCUT2D eigenvalue weighted by Crippen LogP contribution is 2.16. The molecular formula is C14H16N2O2. The van der Waals surface area contributed by atoms with Crippen LogP contribution in [0.5, 0.6) is 0 Å². The van der Waals surface area contributed by atoms with Gasteiger partial charge in [-0.05, 0) is 25.5 Å². The second-order valence-corrected chi connectivity index (χ2v) is 3.83. The van der Waals surface area contributed by atoms with Gasteiger partial charge >= 0.3 is 5.97 Å². The fourth-order valence-corrected chi connectivity index (χ4v) is 1.89. The Balaban J connectivity index is 2.42. The number of esters is 1. The fourth-order valence-electron chi connectivity index (χ4n) is 1.89. The Kier molecular flexibility index (Phi) is 3.77. The summed E-state index contributed by atoms with van der Waals surface area (Å²) in [7, 11) is 0. The lowest BCUT2D eigenvalue weighted by atomic mass is 10.2. The molecule has 0 saturated carbocycles. The molecule has 0 aliphatic carbocycles. The zero-order valence-electron chi connectivity index (χ0n) is 10.6. The highest BCUT2D eigenvalue weighted by Gasteiger charge is 2.17. The molecule has 0 aliphatic rings. The zero-order valence-corrected chi connectivity index (χ0v) is 10.6. The number of rotatable bonds is 4. The van der Waals surface area contributed by atoms with Gasteiger partial charge in [0.15, 0.2) is 0 Å². The third kappa shape index (κ3) is 2.27. The molecule has 1 aromatic carbocycles. The number of carbonyl (C=O) groups is 1. The van der Waals surface area contributed by atoms with Crippen LogP contribution in [0.15, 0.2) is 36.5 Å². The smallest absolute Gasteiger partial charge is 0.341 e. The van der Waals surface area contributed by atoms with E-state index in [0.717, 1.165) is 17.8 Å². The molecule has 2 rings (SSSR count). The third-order valence-corrected chi connectivity index (χ3v) is 2.70. The Hall–Kier alpha value is -2.10. The SMILES string of the molecule is CCOC(=O)c1cnn(-c2ccccc2)c1CC. The van der Waals surface area contributed by atoms with Crippen LogP contribution in [0.1, 0.15) is 29.9 Å². The number of aromatic nitrogens is 2. The molecule has 0 aliphatic heterocycles. The number of nitrogens with zero attached hydrogens (tertiary/aromatic N) is 2. The normalized spacial score (nSPS) is 10.3. The van der Waals surface area contributed by atoms with Crippen molar-refractivity contribution in [3.8, 4) is 5.69 Å². The van der Waals surface area contributed by atoms with Gasteiger partial charge in [-0.3, -0.25) is 0 Å². The summed E-state index contributed by atoms with van der Waals surface area (Å²) in [5.74, 6) is -0.309. The van der Waals surface area contributed by atoms with E-state index >= 15 is 0 Å². The quantitative estimate of drug-likeness (QED) is 0.776. The molecule has 1 aromatic heterocycles. The summed E-state index contributed by atoms with van der Waals surface area (Å²) in [4.78, 5) is 11.8. The molecule has 0 unspecified atom stereocenters. The number of ether oxygens (including phenoxy) is 1. The van der Waals surface area contributed by atoms with Gasteiger partial charge in [0.1, 0.15) is 5.56 Å². The van der Waals surface area contributed by atoms with Crippen LogP contribution in [0.3, 0.4) is 0 Å². The molecule has 94 valence electrons. The minimum Gasteiger partial charge on any atom is -0.462 e. The minimum atomic E-state index is -0.309. The molecule has 0 saturated heterocycles. The summed E-state index contributed by atoms with van der Waals surface area (Å²) >= 11 is 0. The van der Waals surface area contributed by atoms with Crippen LogP contribution in [0.2, 0.25) is 0 Å². The van der Waals surface area contributed by atoms with E-state index in [1.54, 1.807) is 17.8 Å². The van der Waals surface area contributed by atoms with Crippen molar-refractivity contribution in [3.05, 3.63) is 47.8 Å². The molecule has 1 heterocycles. The lowest BCUT2D eigenvalue weighted by Crippen LogP contribution is -2.09. The van der Waals surface area contributed by atoms with E-state index in [4.69, 9.17) is 4.74 Å². The molecule has 0 atom stereocenters. The van der Waals surface area contributed by atoms with Crippen LogP contribution < -0.4 is 0 Å². The number of hydrogen-bond donors (Lipinski definition) is 0. The van der Waals surface area contributed by atoms with Crippen LogP contribution in [0, 0.1) is 0 Å². The molecule has 0 spiro atoms. The summed E-state index contributed by atoms with van der Waals surface area (Å²) < 4.78 is 6.81. The molecular weight excluding hydrogens is 228 g/mol. The summed E-state index contributed by atoms with van der Waals surface area (Å²) in [6.45, 7) is 4.17. The molecule has 0 bridgehead atoms. The maximum absolute atomic E-state index is 11.8. The van der Waals surface area contributed by atoms with Crippen molar-refractivity contribution in [1.29, 1.82) is 0 Å². The van der Waals surface area contributed by atoms with E-state index in [1.807, 2.05) is 37.3 Å². The topological polar surface area (TPSA) is 44.1 Å². The van der Waals surface area contributed by atoms with E-state index in [0.29, 0.717) is 12.2 Å². The van der Waals surface area contributed by atoms with Crippen LogP contribution in [-0.4, -0.2) is 22.4 Å². The summed E-state index contributed by atoms with van der Waals surface area (Å²) in [5.41, 5.74) is 2.37. The van der Waals surface area contributed by atoms with Crippen molar-refractivity contribution in [2.75, 3.05) is 6.61 Å². The minimum absolute atomic E-state index is 0.309. The number of para-hydroxylation sites is 1. The van der Waals surface area contributed by atoms with Gasteiger partial charge in [-0.1, -0.05) is 25.1 Å². The van der Waals surface area contributed by atoms with Crippen molar-refractivity contribution in [2.45, 2.75) is 20.3 Å². The van der Waals surface area contributed by atoms with E-state index in [9.17, 15) is 4.79 Å². The monoisotopic (exact) mass is 244 g/mol. The van der Waals surface area contributed by atoms with Gasteiger partial charge in [0.05, 0.1) is 24.2 Å². The van der Waals surface area contributed by atoms with Crippen molar-refractivity contribution < 1.29 is 9.53 Å². The lowest BCUT2D eigenvalue weighted by molar-refractivity contribution is 0.0525. The maximum Gasteiger partial charge on any atom is 0.341 e.